The maximum atomic E-state index is 14.3. The Kier molecular flexibility index (Phi) is 4.40. The second kappa shape index (κ2) is 4.97. The number of alkyl halides is 6. The largest absolute Gasteiger partial charge is 0.425 e. The molecule has 0 N–H and O–H groups in total. The van der Waals surface area contributed by atoms with Gasteiger partial charge in [-0.05, 0) is 12.8 Å². The van der Waals surface area contributed by atoms with E-state index in [1.165, 1.54) is 0 Å². The molecule has 1 unspecified atom stereocenters. The standard InChI is InChI=1S/C12H20F6Si/c1-19(2,3)10(7-5-4-6-8-10)11(14,15)9(13)12(16,17)18/h9H,4-8H2,1-3H3. The molecular formula is C12H20F6Si. The Morgan fingerprint density at radius 1 is 0.895 bits per heavy atom. The fourth-order valence-corrected chi connectivity index (χ4v) is 6.17. The number of halogens is 6. The molecule has 0 saturated heterocycles. The zero-order valence-corrected chi connectivity index (χ0v) is 12.4. The monoisotopic (exact) mass is 306 g/mol. The van der Waals surface area contributed by atoms with Crippen LogP contribution in [0.5, 0.6) is 0 Å². The Hall–Kier alpha value is -0.203. The molecule has 0 heterocycles. The van der Waals surface area contributed by atoms with Gasteiger partial charge in [0.1, 0.15) is 0 Å². The molecule has 0 aromatic carbocycles. The van der Waals surface area contributed by atoms with Gasteiger partial charge in [-0.25, -0.2) is 13.2 Å². The lowest BCUT2D eigenvalue weighted by molar-refractivity contribution is -0.258. The Morgan fingerprint density at radius 2 is 1.32 bits per heavy atom. The maximum absolute atomic E-state index is 14.3. The van der Waals surface area contributed by atoms with E-state index in [0.29, 0.717) is 12.8 Å². The number of rotatable bonds is 3. The Morgan fingerprint density at radius 3 is 1.63 bits per heavy atom. The fraction of sp³-hybridized carbons (Fsp3) is 1.00. The third-order valence-corrected chi connectivity index (χ3v) is 8.09. The van der Waals surface area contributed by atoms with E-state index in [1.54, 1.807) is 19.6 Å². The summed E-state index contributed by atoms with van der Waals surface area (Å²) in [5.41, 5.74) is 0. The van der Waals surface area contributed by atoms with Crippen LogP contribution in [0.1, 0.15) is 32.1 Å². The highest BCUT2D eigenvalue weighted by Crippen LogP contribution is 2.63. The minimum atomic E-state index is -5.51. The fourth-order valence-electron chi connectivity index (χ4n) is 3.19. The van der Waals surface area contributed by atoms with Crippen molar-refractivity contribution in [2.24, 2.45) is 0 Å². The number of hydrogen-bond donors (Lipinski definition) is 0. The van der Waals surface area contributed by atoms with Gasteiger partial charge in [0, 0.05) is 5.04 Å². The molecule has 0 spiro atoms. The smallest absolute Gasteiger partial charge is 0.231 e. The second-order valence-corrected chi connectivity index (χ2v) is 11.9. The lowest BCUT2D eigenvalue weighted by Gasteiger charge is -2.51. The average Bonchev–Trinajstić information content (AvgIpc) is 2.26. The van der Waals surface area contributed by atoms with Crippen LogP contribution in [0.25, 0.3) is 0 Å². The van der Waals surface area contributed by atoms with Crippen LogP contribution in [0.3, 0.4) is 0 Å². The molecule has 1 fully saturated rings. The summed E-state index contributed by atoms with van der Waals surface area (Å²) in [7, 11) is -2.67. The van der Waals surface area contributed by atoms with Crippen LogP contribution in [0.4, 0.5) is 26.3 Å². The van der Waals surface area contributed by atoms with Gasteiger partial charge in [-0.3, -0.25) is 0 Å². The van der Waals surface area contributed by atoms with Crippen molar-refractivity contribution >= 4 is 8.07 Å². The third-order valence-electron chi connectivity index (χ3n) is 4.39. The average molecular weight is 306 g/mol. The summed E-state index contributed by atoms with van der Waals surface area (Å²) in [4.78, 5) is 0. The maximum Gasteiger partial charge on any atom is 0.425 e. The summed E-state index contributed by atoms with van der Waals surface area (Å²) < 4.78 is 79.2. The molecule has 0 nitrogen and oxygen atoms in total. The quantitative estimate of drug-likeness (QED) is 0.472. The van der Waals surface area contributed by atoms with Crippen LogP contribution < -0.4 is 0 Å². The van der Waals surface area contributed by atoms with Gasteiger partial charge in [0.05, 0.1) is 8.07 Å². The summed E-state index contributed by atoms with van der Waals surface area (Å²) in [6, 6.07) is 0. The first kappa shape index (κ1) is 16.9. The highest BCUT2D eigenvalue weighted by atomic mass is 28.3. The Balaban J connectivity index is 3.24. The minimum Gasteiger partial charge on any atom is -0.231 e. The lowest BCUT2D eigenvalue weighted by Crippen LogP contribution is -2.59. The van der Waals surface area contributed by atoms with Crippen molar-refractivity contribution < 1.29 is 26.3 Å². The predicted octanol–water partition coefficient (Wildman–Crippen LogP) is 5.56. The van der Waals surface area contributed by atoms with Crippen LogP contribution in [-0.4, -0.2) is 26.3 Å². The van der Waals surface area contributed by atoms with Gasteiger partial charge in [0.15, 0.2) is 0 Å². The molecule has 19 heavy (non-hydrogen) atoms. The van der Waals surface area contributed by atoms with Gasteiger partial charge >= 0.3 is 6.18 Å². The molecular weight excluding hydrogens is 286 g/mol. The van der Waals surface area contributed by atoms with Gasteiger partial charge in [0.2, 0.25) is 0 Å². The first-order chi connectivity index (χ1) is 8.36. The van der Waals surface area contributed by atoms with Gasteiger partial charge in [-0.2, -0.15) is 13.2 Å². The van der Waals surface area contributed by atoms with E-state index in [9.17, 15) is 26.3 Å². The summed E-state index contributed by atoms with van der Waals surface area (Å²) in [6.07, 6.45) is -7.96. The normalized spacial score (nSPS) is 23.2. The molecule has 1 rings (SSSR count). The third kappa shape index (κ3) is 2.80. The van der Waals surface area contributed by atoms with Crippen molar-refractivity contribution in [2.45, 2.75) is 75.1 Å². The highest BCUT2D eigenvalue weighted by molar-refractivity contribution is 6.79. The molecule has 1 saturated carbocycles. The van der Waals surface area contributed by atoms with E-state index in [4.69, 9.17) is 0 Å². The van der Waals surface area contributed by atoms with E-state index < -0.39 is 31.4 Å². The molecule has 1 aliphatic carbocycles. The van der Waals surface area contributed by atoms with Gasteiger partial charge < -0.3 is 0 Å². The van der Waals surface area contributed by atoms with Crippen molar-refractivity contribution in [3.05, 3.63) is 0 Å². The minimum absolute atomic E-state index is 0.00772. The molecule has 0 aromatic rings. The first-order valence-corrected chi connectivity index (χ1v) is 9.95. The summed E-state index contributed by atoms with van der Waals surface area (Å²) >= 11 is 0. The summed E-state index contributed by atoms with van der Waals surface area (Å²) in [6.45, 7) is 4.82. The van der Waals surface area contributed by atoms with E-state index in [1.807, 2.05) is 0 Å². The first-order valence-electron chi connectivity index (χ1n) is 6.45. The lowest BCUT2D eigenvalue weighted by atomic mass is 9.81. The molecule has 0 radical (unpaired) electrons. The number of hydrogen-bond acceptors (Lipinski definition) is 0. The van der Waals surface area contributed by atoms with Gasteiger partial charge in [-0.15, -0.1) is 0 Å². The van der Waals surface area contributed by atoms with Crippen molar-refractivity contribution in [2.75, 3.05) is 0 Å². The molecule has 1 aliphatic rings. The second-order valence-electron chi connectivity index (χ2n) is 6.42. The van der Waals surface area contributed by atoms with E-state index in [-0.39, 0.29) is 12.8 Å². The Labute approximate surface area is 110 Å². The van der Waals surface area contributed by atoms with E-state index in [0.717, 1.165) is 6.42 Å². The molecule has 0 aliphatic heterocycles. The molecule has 0 aromatic heterocycles. The van der Waals surface area contributed by atoms with Crippen molar-refractivity contribution in [1.82, 2.24) is 0 Å². The summed E-state index contributed by atoms with van der Waals surface area (Å²) in [5.74, 6) is -4.34. The summed E-state index contributed by atoms with van der Waals surface area (Å²) in [5, 5.41) is -1.80. The van der Waals surface area contributed by atoms with Crippen LogP contribution in [-0.2, 0) is 0 Å². The van der Waals surface area contributed by atoms with Gasteiger partial charge in [0.25, 0.3) is 12.1 Å². The van der Waals surface area contributed by atoms with Crippen molar-refractivity contribution in [1.29, 1.82) is 0 Å². The zero-order valence-electron chi connectivity index (χ0n) is 11.4. The van der Waals surface area contributed by atoms with E-state index >= 15 is 0 Å². The van der Waals surface area contributed by atoms with Gasteiger partial charge in [-0.1, -0.05) is 38.9 Å². The molecule has 114 valence electrons. The van der Waals surface area contributed by atoms with Crippen molar-refractivity contribution in [3.8, 4) is 0 Å². The predicted molar refractivity (Wildman–Crippen MR) is 65.0 cm³/mol. The SMILES string of the molecule is C[Si](C)(C)C1(C(F)(F)C(F)C(F)(F)F)CCCCC1. The highest BCUT2D eigenvalue weighted by Gasteiger charge is 2.69. The molecule has 0 bridgehead atoms. The van der Waals surface area contributed by atoms with Crippen LogP contribution in [0.15, 0.2) is 0 Å². The van der Waals surface area contributed by atoms with Crippen LogP contribution >= 0.6 is 0 Å². The van der Waals surface area contributed by atoms with Crippen LogP contribution in [0, 0.1) is 0 Å². The Bertz CT molecular complexity index is 311. The zero-order chi connectivity index (χ0) is 15.1. The van der Waals surface area contributed by atoms with E-state index in [2.05, 4.69) is 0 Å². The van der Waals surface area contributed by atoms with Crippen molar-refractivity contribution in [3.63, 3.8) is 0 Å². The molecule has 7 heteroatoms. The molecule has 1 atom stereocenters. The molecule has 0 amide bonds. The topological polar surface area (TPSA) is 0 Å². The van der Waals surface area contributed by atoms with Crippen LogP contribution in [0.2, 0.25) is 24.7 Å².